The SMILES string of the molecule is CC(C)NC(=O)c1ccn(-c2ccc([N+](=O)[O-])cc2)n1. The maximum atomic E-state index is 11.8. The second-order valence-electron chi connectivity index (χ2n) is 4.55. The van der Waals surface area contributed by atoms with E-state index in [2.05, 4.69) is 10.4 Å². The fourth-order valence-electron chi connectivity index (χ4n) is 1.65. The summed E-state index contributed by atoms with van der Waals surface area (Å²) < 4.78 is 1.50. The number of nitro benzene ring substituents is 1. The molecule has 0 bridgehead atoms. The van der Waals surface area contributed by atoms with Crippen LogP contribution in [-0.2, 0) is 0 Å². The monoisotopic (exact) mass is 274 g/mol. The number of nitro groups is 1. The molecular weight excluding hydrogens is 260 g/mol. The van der Waals surface area contributed by atoms with Crippen LogP contribution in [0.5, 0.6) is 0 Å². The molecule has 1 amide bonds. The Morgan fingerprint density at radius 1 is 1.30 bits per heavy atom. The Bertz CT molecular complexity index is 631. The van der Waals surface area contributed by atoms with E-state index in [0.29, 0.717) is 11.4 Å². The lowest BCUT2D eigenvalue weighted by atomic mass is 10.3. The van der Waals surface area contributed by atoms with Crippen LogP contribution in [0.3, 0.4) is 0 Å². The molecule has 0 saturated heterocycles. The van der Waals surface area contributed by atoms with Crippen LogP contribution in [0.2, 0.25) is 0 Å². The smallest absolute Gasteiger partial charge is 0.271 e. The molecule has 2 rings (SSSR count). The van der Waals surface area contributed by atoms with Gasteiger partial charge in [0.2, 0.25) is 0 Å². The van der Waals surface area contributed by atoms with Crippen LogP contribution in [0.4, 0.5) is 5.69 Å². The van der Waals surface area contributed by atoms with Crippen molar-refractivity contribution < 1.29 is 9.72 Å². The molecule has 20 heavy (non-hydrogen) atoms. The van der Waals surface area contributed by atoms with Gasteiger partial charge >= 0.3 is 0 Å². The maximum absolute atomic E-state index is 11.8. The van der Waals surface area contributed by atoms with Crippen molar-refractivity contribution in [3.8, 4) is 5.69 Å². The van der Waals surface area contributed by atoms with Crippen LogP contribution in [0, 0.1) is 10.1 Å². The van der Waals surface area contributed by atoms with E-state index >= 15 is 0 Å². The molecular formula is C13H14N4O3. The van der Waals surface area contributed by atoms with Crippen LogP contribution in [0.15, 0.2) is 36.5 Å². The third kappa shape index (κ3) is 3.00. The van der Waals surface area contributed by atoms with Crippen molar-refractivity contribution in [1.29, 1.82) is 0 Å². The summed E-state index contributed by atoms with van der Waals surface area (Å²) in [4.78, 5) is 21.9. The van der Waals surface area contributed by atoms with Crippen LogP contribution >= 0.6 is 0 Å². The summed E-state index contributed by atoms with van der Waals surface area (Å²) in [6.07, 6.45) is 1.64. The number of amides is 1. The Morgan fingerprint density at radius 3 is 2.50 bits per heavy atom. The third-order valence-electron chi connectivity index (χ3n) is 2.57. The lowest BCUT2D eigenvalue weighted by molar-refractivity contribution is -0.384. The molecule has 0 aliphatic heterocycles. The number of benzene rings is 1. The summed E-state index contributed by atoms with van der Waals surface area (Å²) in [6.45, 7) is 3.73. The Kier molecular flexibility index (Phi) is 3.79. The molecule has 0 fully saturated rings. The fourth-order valence-corrected chi connectivity index (χ4v) is 1.65. The van der Waals surface area contributed by atoms with Crippen molar-refractivity contribution in [2.24, 2.45) is 0 Å². The summed E-state index contributed by atoms with van der Waals surface area (Å²) in [6, 6.07) is 7.58. The molecule has 7 heteroatoms. The zero-order chi connectivity index (χ0) is 14.7. The highest BCUT2D eigenvalue weighted by Crippen LogP contribution is 2.14. The number of hydrogen-bond acceptors (Lipinski definition) is 4. The van der Waals surface area contributed by atoms with E-state index in [1.54, 1.807) is 24.4 Å². The van der Waals surface area contributed by atoms with Gasteiger partial charge in [-0.05, 0) is 32.0 Å². The number of carbonyl (C=O) groups excluding carboxylic acids is 1. The number of rotatable bonds is 4. The van der Waals surface area contributed by atoms with E-state index in [1.807, 2.05) is 13.8 Å². The van der Waals surface area contributed by atoms with E-state index in [1.165, 1.54) is 16.8 Å². The van der Waals surface area contributed by atoms with Crippen LogP contribution in [-0.4, -0.2) is 26.7 Å². The summed E-state index contributed by atoms with van der Waals surface area (Å²) in [7, 11) is 0. The summed E-state index contributed by atoms with van der Waals surface area (Å²) in [5.74, 6) is -0.249. The molecule has 2 aromatic rings. The van der Waals surface area contributed by atoms with Crippen LogP contribution in [0.1, 0.15) is 24.3 Å². The second-order valence-corrected chi connectivity index (χ2v) is 4.55. The lowest BCUT2D eigenvalue weighted by Gasteiger charge is -2.05. The van der Waals surface area contributed by atoms with E-state index in [4.69, 9.17) is 0 Å². The Hall–Kier alpha value is -2.70. The van der Waals surface area contributed by atoms with Crippen molar-refractivity contribution in [3.63, 3.8) is 0 Å². The van der Waals surface area contributed by atoms with Gasteiger partial charge in [0.15, 0.2) is 5.69 Å². The molecule has 1 N–H and O–H groups in total. The number of hydrogen-bond donors (Lipinski definition) is 1. The van der Waals surface area contributed by atoms with E-state index in [-0.39, 0.29) is 17.6 Å². The van der Waals surface area contributed by atoms with Crippen molar-refractivity contribution in [2.75, 3.05) is 0 Å². The van der Waals surface area contributed by atoms with E-state index < -0.39 is 4.92 Å². The largest absolute Gasteiger partial charge is 0.348 e. The Morgan fingerprint density at radius 2 is 1.95 bits per heavy atom. The van der Waals surface area contributed by atoms with Crippen LogP contribution in [0.25, 0.3) is 5.69 Å². The van der Waals surface area contributed by atoms with Gasteiger partial charge in [0.05, 0.1) is 10.6 Å². The van der Waals surface area contributed by atoms with Gasteiger partial charge < -0.3 is 5.32 Å². The maximum Gasteiger partial charge on any atom is 0.271 e. The molecule has 1 aromatic heterocycles. The number of nitrogens with one attached hydrogen (secondary N) is 1. The standard InChI is InChI=1S/C13H14N4O3/c1-9(2)14-13(18)12-7-8-16(15-12)10-3-5-11(6-4-10)17(19)20/h3-9H,1-2H3,(H,14,18). The predicted octanol–water partition coefficient (Wildman–Crippen LogP) is 1.92. The molecule has 0 spiro atoms. The molecule has 0 atom stereocenters. The van der Waals surface area contributed by atoms with Gasteiger partial charge in [-0.3, -0.25) is 14.9 Å². The summed E-state index contributed by atoms with van der Waals surface area (Å²) >= 11 is 0. The first kappa shape index (κ1) is 13.7. The minimum atomic E-state index is -0.464. The average molecular weight is 274 g/mol. The first-order valence-corrected chi connectivity index (χ1v) is 6.09. The first-order valence-electron chi connectivity index (χ1n) is 6.09. The van der Waals surface area contributed by atoms with Gasteiger partial charge in [0.1, 0.15) is 0 Å². The number of non-ortho nitro benzene ring substituents is 1. The highest BCUT2D eigenvalue weighted by atomic mass is 16.6. The Labute approximate surface area is 115 Å². The average Bonchev–Trinajstić information content (AvgIpc) is 2.87. The zero-order valence-electron chi connectivity index (χ0n) is 11.1. The molecule has 1 aromatic carbocycles. The number of nitrogens with zero attached hydrogens (tertiary/aromatic N) is 3. The zero-order valence-corrected chi connectivity index (χ0v) is 11.1. The lowest BCUT2D eigenvalue weighted by Crippen LogP contribution is -2.30. The van der Waals surface area contributed by atoms with Gasteiger partial charge in [0, 0.05) is 24.4 Å². The molecule has 0 aliphatic carbocycles. The summed E-state index contributed by atoms with van der Waals surface area (Å²) in [5, 5.41) is 17.5. The van der Waals surface area contributed by atoms with Crippen molar-refractivity contribution in [1.82, 2.24) is 15.1 Å². The van der Waals surface area contributed by atoms with E-state index in [0.717, 1.165) is 0 Å². The van der Waals surface area contributed by atoms with Gasteiger partial charge in [-0.2, -0.15) is 5.10 Å². The molecule has 0 radical (unpaired) electrons. The van der Waals surface area contributed by atoms with Gasteiger partial charge in [-0.15, -0.1) is 0 Å². The highest BCUT2D eigenvalue weighted by molar-refractivity contribution is 5.92. The van der Waals surface area contributed by atoms with Crippen molar-refractivity contribution in [2.45, 2.75) is 19.9 Å². The van der Waals surface area contributed by atoms with Crippen molar-refractivity contribution >= 4 is 11.6 Å². The van der Waals surface area contributed by atoms with Gasteiger partial charge in [-0.1, -0.05) is 0 Å². The van der Waals surface area contributed by atoms with Crippen molar-refractivity contribution in [3.05, 3.63) is 52.3 Å². The highest BCUT2D eigenvalue weighted by Gasteiger charge is 2.11. The minimum Gasteiger partial charge on any atom is -0.348 e. The fraction of sp³-hybridized carbons (Fsp3) is 0.231. The quantitative estimate of drug-likeness (QED) is 0.681. The normalized spacial score (nSPS) is 10.6. The van der Waals surface area contributed by atoms with E-state index in [9.17, 15) is 14.9 Å². The Balaban J connectivity index is 2.20. The molecule has 0 unspecified atom stereocenters. The molecule has 0 aliphatic rings. The first-order chi connectivity index (χ1) is 9.47. The van der Waals surface area contributed by atoms with Crippen LogP contribution < -0.4 is 5.32 Å². The molecule has 7 nitrogen and oxygen atoms in total. The molecule has 104 valence electrons. The van der Waals surface area contributed by atoms with Gasteiger partial charge in [-0.25, -0.2) is 4.68 Å². The molecule has 1 heterocycles. The second kappa shape index (κ2) is 5.52. The topological polar surface area (TPSA) is 90.1 Å². The summed E-state index contributed by atoms with van der Waals surface area (Å²) in [5.41, 5.74) is 0.968. The predicted molar refractivity (Wildman–Crippen MR) is 72.8 cm³/mol. The molecule has 0 saturated carbocycles. The third-order valence-corrected chi connectivity index (χ3v) is 2.57. The minimum absolute atomic E-state index is 0.0127. The van der Waals surface area contributed by atoms with Gasteiger partial charge in [0.25, 0.3) is 11.6 Å². The number of aromatic nitrogens is 2. The number of carbonyl (C=O) groups is 1.